The lowest BCUT2D eigenvalue weighted by Crippen LogP contribution is -2.41. The second kappa shape index (κ2) is 8.75. The highest BCUT2D eigenvalue weighted by Crippen LogP contribution is 2.38. The van der Waals surface area contributed by atoms with Gasteiger partial charge in [0.15, 0.2) is 11.5 Å². The zero-order valence-corrected chi connectivity index (χ0v) is 17.1. The predicted octanol–water partition coefficient (Wildman–Crippen LogP) is 3.11. The first-order valence-corrected chi connectivity index (χ1v) is 10.4. The van der Waals surface area contributed by atoms with Gasteiger partial charge in [-0.25, -0.2) is 0 Å². The number of benzene rings is 2. The van der Waals surface area contributed by atoms with E-state index in [0.29, 0.717) is 24.5 Å². The monoisotopic (exact) mass is 409 g/mol. The number of primary amides is 1. The van der Waals surface area contributed by atoms with Crippen molar-refractivity contribution in [3.63, 3.8) is 0 Å². The van der Waals surface area contributed by atoms with Crippen LogP contribution < -0.4 is 20.5 Å². The lowest BCUT2D eigenvalue weighted by atomic mass is 10.0. The molecule has 158 valence electrons. The minimum absolute atomic E-state index is 0.0805. The second-order valence-corrected chi connectivity index (χ2v) is 7.76. The molecule has 2 aliphatic heterocycles. The molecule has 2 aromatic rings. The molecule has 2 amide bonds. The summed E-state index contributed by atoms with van der Waals surface area (Å²) in [6.07, 6.45) is 2.89. The Morgan fingerprint density at radius 3 is 2.53 bits per heavy atom. The largest absolute Gasteiger partial charge is 0.490 e. The van der Waals surface area contributed by atoms with Crippen LogP contribution in [-0.4, -0.2) is 42.5 Å². The Labute approximate surface area is 176 Å². The van der Waals surface area contributed by atoms with E-state index in [-0.39, 0.29) is 18.0 Å². The van der Waals surface area contributed by atoms with Gasteiger partial charge in [-0.3, -0.25) is 14.5 Å². The minimum Gasteiger partial charge on any atom is -0.490 e. The lowest BCUT2D eigenvalue weighted by molar-refractivity contribution is -0.121. The van der Waals surface area contributed by atoms with E-state index in [0.717, 1.165) is 42.9 Å². The van der Waals surface area contributed by atoms with Crippen LogP contribution in [0.15, 0.2) is 42.5 Å². The third kappa shape index (κ3) is 4.26. The standard InChI is InChI=1S/C23H27N3O4/c1-15(23(28)25-18-8-5-16(6-9-18)22(24)27)26-11-2-4-19(26)17-7-10-20-21(14-17)30-13-3-12-29-20/h5-10,14-15,19H,2-4,11-13H2,1H3,(H2,24,27)(H,25,28)/t15-,19-/m0/s1. The van der Waals surface area contributed by atoms with Crippen molar-refractivity contribution in [3.8, 4) is 11.5 Å². The highest BCUT2D eigenvalue weighted by Gasteiger charge is 2.33. The highest BCUT2D eigenvalue weighted by atomic mass is 16.5. The highest BCUT2D eigenvalue weighted by molar-refractivity contribution is 5.96. The average Bonchev–Trinajstić information content (AvgIpc) is 3.12. The van der Waals surface area contributed by atoms with E-state index in [1.165, 1.54) is 0 Å². The molecule has 0 unspecified atom stereocenters. The van der Waals surface area contributed by atoms with Gasteiger partial charge in [-0.1, -0.05) is 6.07 Å². The Morgan fingerprint density at radius 1 is 1.07 bits per heavy atom. The zero-order valence-electron chi connectivity index (χ0n) is 17.1. The van der Waals surface area contributed by atoms with Gasteiger partial charge in [0.1, 0.15) is 0 Å². The van der Waals surface area contributed by atoms with E-state index < -0.39 is 5.91 Å². The number of anilines is 1. The first-order valence-electron chi connectivity index (χ1n) is 10.4. The van der Waals surface area contributed by atoms with Crippen LogP contribution in [0.2, 0.25) is 0 Å². The predicted molar refractivity (Wildman–Crippen MR) is 114 cm³/mol. The Hall–Kier alpha value is -3.06. The number of likely N-dealkylation sites (tertiary alicyclic amines) is 1. The van der Waals surface area contributed by atoms with Crippen LogP contribution in [0.4, 0.5) is 5.69 Å². The molecule has 30 heavy (non-hydrogen) atoms. The zero-order chi connectivity index (χ0) is 21.1. The summed E-state index contributed by atoms with van der Waals surface area (Å²) in [4.78, 5) is 26.3. The molecule has 0 saturated carbocycles. The molecule has 0 spiro atoms. The fourth-order valence-electron chi connectivity index (χ4n) is 4.11. The van der Waals surface area contributed by atoms with Crippen molar-refractivity contribution in [2.75, 3.05) is 25.1 Å². The second-order valence-electron chi connectivity index (χ2n) is 7.76. The Bertz CT molecular complexity index is 929. The van der Waals surface area contributed by atoms with Gasteiger partial charge < -0.3 is 20.5 Å². The van der Waals surface area contributed by atoms with Crippen LogP contribution in [0.5, 0.6) is 11.5 Å². The van der Waals surface area contributed by atoms with Gasteiger partial charge >= 0.3 is 0 Å². The fourth-order valence-corrected chi connectivity index (χ4v) is 4.11. The van der Waals surface area contributed by atoms with Crippen molar-refractivity contribution in [1.82, 2.24) is 4.90 Å². The van der Waals surface area contributed by atoms with E-state index in [4.69, 9.17) is 15.2 Å². The number of carbonyl (C=O) groups excluding carboxylic acids is 2. The van der Waals surface area contributed by atoms with Crippen molar-refractivity contribution in [2.24, 2.45) is 5.73 Å². The molecule has 0 bridgehead atoms. The quantitative estimate of drug-likeness (QED) is 0.791. The molecule has 2 atom stereocenters. The number of amides is 2. The molecule has 2 heterocycles. The molecule has 3 N–H and O–H groups in total. The van der Waals surface area contributed by atoms with Gasteiger partial charge in [-0.2, -0.15) is 0 Å². The molecule has 7 heteroatoms. The van der Waals surface area contributed by atoms with Crippen LogP contribution in [0.1, 0.15) is 48.1 Å². The first-order chi connectivity index (χ1) is 14.5. The van der Waals surface area contributed by atoms with Crippen LogP contribution in [0.25, 0.3) is 0 Å². The molecule has 0 aliphatic carbocycles. The van der Waals surface area contributed by atoms with Crippen LogP contribution in [0.3, 0.4) is 0 Å². The molecule has 0 aromatic heterocycles. The number of carbonyl (C=O) groups is 2. The van der Waals surface area contributed by atoms with Gasteiger partial charge in [0.05, 0.1) is 19.3 Å². The third-order valence-corrected chi connectivity index (χ3v) is 5.76. The van der Waals surface area contributed by atoms with Crippen molar-refractivity contribution in [3.05, 3.63) is 53.6 Å². The van der Waals surface area contributed by atoms with E-state index in [2.05, 4.69) is 22.3 Å². The molecule has 1 fully saturated rings. The number of hydrogen-bond donors (Lipinski definition) is 2. The van der Waals surface area contributed by atoms with Crippen molar-refractivity contribution >= 4 is 17.5 Å². The summed E-state index contributed by atoms with van der Waals surface area (Å²) in [6, 6.07) is 12.5. The van der Waals surface area contributed by atoms with Crippen LogP contribution in [0, 0.1) is 0 Å². The van der Waals surface area contributed by atoms with Gasteiger partial charge in [-0.15, -0.1) is 0 Å². The number of nitrogens with two attached hydrogens (primary N) is 1. The number of ether oxygens (including phenoxy) is 2. The van der Waals surface area contributed by atoms with Gasteiger partial charge in [-0.05, 0) is 68.3 Å². The molecule has 1 saturated heterocycles. The fraction of sp³-hybridized carbons (Fsp3) is 0.391. The number of hydrogen-bond acceptors (Lipinski definition) is 5. The summed E-state index contributed by atoms with van der Waals surface area (Å²) in [7, 11) is 0. The maximum absolute atomic E-state index is 12.9. The SMILES string of the molecule is C[C@@H](C(=O)Nc1ccc(C(N)=O)cc1)N1CCC[C@H]1c1ccc2c(c1)OCCCO2. The summed E-state index contributed by atoms with van der Waals surface area (Å²) in [5.41, 5.74) is 7.46. The van der Waals surface area contributed by atoms with Crippen LogP contribution in [-0.2, 0) is 4.79 Å². The Kier molecular flexibility index (Phi) is 5.90. The number of fused-ring (bicyclic) bond motifs is 1. The molecule has 2 aliphatic rings. The molecule has 2 aromatic carbocycles. The smallest absolute Gasteiger partial charge is 0.248 e. The van der Waals surface area contributed by atoms with E-state index in [1.54, 1.807) is 24.3 Å². The summed E-state index contributed by atoms with van der Waals surface area (Å²) >= 11 is 0. The summed E-state index contributed by atoms with van der Waals surface area (Å²) < 4.78 is 11.6. The summed E-state index contributed by atoms with van der Waals surface area (Å²) in [5, 5.41) is 2.94. The van der Waals surface area contributed by atoms with E-state index in [1.807, 2.05) is 13.0 Å². The van der Waals surface area contributed by atoms with Gasteiger partial charge in [0.2, 0.25) is 11.8 Å². The molecular formula is C23H27N3O4. The Morgan fingerprint density at radius 2 is 1.80 bits per heavy atom. The minimum atomic E-state index is -0.490. The van der Waals surface area contributed by atoms with E-state index >= 15 is 0 Å². The third-order valence-electron chi connectivity index (χ3n) is 5.76. The number of rotatable bonds is 5. The topological polar surface area (TPSA) is 93.9 Å². The normalized spacial score (nSPS) is 19.7. The first kappa shape index (κ1) is 20.2. The Balaban J connectivity index is 1.46. The van der Waals surface area contributed by atoms with Gasteiger partial charge in [0.25, 0.3) is 0 Å². The molecular weight excluding hydrogens is 382 g/mol. The summed E-state index contributed by atoms with van der Waals surface area (Å²) in [5.74, 6) is 0.994. The van der Waals surface area contributed by atoms with Crippen molar-refractivity contribution in [1.29, 1.82) is 0 Å². The van der Waals surface area contributed by atoms with Crippen LogP contribution >= 0.6 is 0 Å². The molecule has 0 radical (unpaired) electrons. The molecule has 7 nitrogen and oxygen atoms in total. The van der Waals surface area contributed by atoms with Crippen molar-refractivity contribution in [2.45, 2.75) is 38.3 Å². The number of nitrogens with zero attached hydrogens (tertiary/aromatic N) is 1. The van der Waals surface area contributed by atoms with E-state index in [9.17, 15) is 9.59 Å². The van der Waals surface area contributed by atoms with Gasteiger partial charge in [0, 0.05) is 23.7 Å². The van der Waals surface area contributed by atoms with Crippen molar-refractivity contribution < 1.29 is 19.1 Å². The maximum Gasteiger partial charge on any atom is 0.248 e. The lowest BCUT2D eigenvalue weighted by Gasteiger charge is -2.30. The average molecular weight is 409 g/mol. The summed E-state index contributed by atoms with van der Waals surface area (Å²) in [6.45, 7) is 4.10. The number of nitrogens with one attached hydrogen (secondary N) is 1. The maximum atomic E-state index is 12.9. The molecule has 4 rings (SSSR count).